The van der Waals surface area contributed by atoms with Crippen LogP contribution in [0.4, 0.5) is 0 Å². The molecule has 0 heterocycles. The smallest absolute Gasteiger partial charge is 0.333 e. The van der Waals surface area contributed by atoms with Crippen molar-refractivity contribution < 1.29 is 9.53 Å². The molecule has 0 bridgehead atoms. The van der Waals surface area contributed by atoms with Gasteiger partial charge in [-0.05, 0) is 32.6 Å². The number of nitrogens with zero attached hydrogens (tertiary/aromatic N) is 1. The second-order valence-corrected chi connectivity index (χ2v) is 6.66. The second kappa shape index (κ2) is 8.57. The van der Waals surface area contributed by atoms with Crippen molar-refractivity contribution in [2.24, 2.45) is 0 Å². The summed E-state index contributed by atoms with van der Waals surface area (Å²) in [5.41, 5.74) is 0.745. The highest BCUT2D eigenvalue weighted by Gasteiger charge is 2.28. The lowest BCUT2D eigenvalue weighted by atomic mass is 9.88. The zero-order valence-electron chi connectivity index (χ0n) is 13.8. The van der Waals surface area contributed by atoms with E-state index in [1.54, 1.807) is 0 Å². The zero-order valence-corrected chi connectivity index (χ0v) is 13.8. The molecule has 120 valence electrons. The molecule has 2 saturated carbocycles. The van der Waals surface area contributed by atoms with Crippen LogP contribution in [-0.4, -0.2) is 36.6 Å². The van der Waals surface area contributed by atoms with Gasteiger partial charge in [0, 0.05) is 24.2 Å². The molecule has 0 amide bonds. The molecule has 0 spiro atoms. The van der Waals surface area contributed by atoms with Crippen LogP contribution in [0.1, 0.15) is 71.1 Å². The zero-order chi connectivity index (χ0) is 15.1. The third-order valence-electron chi connectivity index (χ3n) is 5.20. The Bertz CT molecular complexity index is 334. The number of hydrogen-bond acceptors (Lipinski definition) is 3. The van der Waals surface area contributed by atoms with E-state index in [9.17, 15) is 4.79 Å². The van der Waals surface area contributed by atoms with Crippen LogP contribution < -0.4 is 0 Å². The highest BCUT2D eigenvalue weighted by Crippen LogP contribution is 2.30. The average molecular weight is 293 g/mol. The van der Waals surface area contributed by atoms with Gasteiger partial charge >= 0.3 is 5.97 Å². The summed E-state index contributed by atoms with van der Waals surface area (Å²) < 4.78 is 4.81. The Morgan fingerprint density at radius 1 is 1.00 bits per heavy atom. The summed E-state index contributed by atoms with van der Waals surface area (Å²) in [7, 11) is 1.46. The van der Waals surface area contributed by atoms with Crippen LogP contribution in [0.2, 0.25) is 0 Å². The van der Waals surface area contributed by atoms with Gasteiger partial charge in [0.2, 0.25) is 0 Å². The minimum atomic E-state index is -0.192. The number of rotatable bonds is 5. The van der Waals surface area contributed by atoms with E-state index in [4.69, 9.17) is 4.74 Å². The van der Waals surface area contributed by atoms with Crippen LogP contribution in [0.3, 0.4) is 0 Å². The van der Waals surface area contributed by atoms with Crippen molar-refractivity contribution in [1.29, 1.82) is 0 Å². The number of ether oxygens (including phenoxy) is 1. The van der Waals surface area contributed by atoms with Gasteiger partial charge in [0.1, 0.15) is 0 Å². The highest BCUT2D eigenvalue weighted by atomic mass is 16.5. The molecule has 2 rings (SSSR count). The summed E-state index contributed by atoms with van der Waals surface area (Å²) in [4.78, 5) is 14.3. The molecule has 0 aromatic rings. The fourth-order valence-electron chi connectivity index (χ4n) is 3.91. The van der Waals surface area contributed by atoms with Gasteiger partial charge in [-0.2, -0.15) is 0 Å². The molecule has 2 fully saturated rings. The SMILES string of the molecule is COC(=O)C(C)=CCN(C1CCCCC1)C1CCCCC1. The number of hydrogen-bond donors (Lipinski definition) is 0. The molecule has 0 aliphatic heterocycles. The van der Waals surface area contributed by atoms with Crippen LogP contribution in [0.25, 0.3) is 0 Å². The van der Waals surface area contributed by atoms with E-state index in [-0.39, 0.29) is 5.97 Å². The van der Waals surface area contributed by atoms with Gasteiger partial charge in [-0.15, -0.1) is 0 Å². The summed E-state index contributed by atoms with van der Waals surface area (Å²) in [5, 5.41) is 0. The molecule has 3 nitrogen and oxygen atoms in total. The van der Waals surface area contributed by atoms with E-state index in [1.807, 2.05) is 6.92 Å². The first kappa shape index (κ1) is 16.5. The van der Waals surface area contributed by atoms with E-state index in [0.29, 0.717) is 0 Å². The van der Waals surface area contributed by atoms with Gasteiger partial charge in [0.05, 0.1) is 7.11 Å². The van der Waals surface area contributed by atoms with Crippen molar-refractivity contribution in [2.45, 2.75) is 83.2 Å². The first-order chi connectivity index (χ1) is 10.2. The Morgan fingerprint density at radius 3 is 1.90 bits per heavy atom. The van der Waals surface area contributed by atoms with Gasteiger partial charge < -0.3 is 4.74 Å². The fraction of sp³-hybridized carbons (Fsp3) is 0.833. The molecule has 0 radical (unpaired) electrons. The standard InChI is InChI=1S/C18H31NO2/c1-15(18(20)21-2)13-14-19(16-9-5-3-6-10-16)17-11-7-4-8-12-17/h13,16-17H,3-12,14H2,1-2H3. The average Bonchev–Trinajstić information content (AvgIpc) is 2.56. The normalized spacial score (nSPS) is 22.5. The number of carbonyl (C=O) groups excluding carboxylic acids is 1. The fourth-order valence-corrected chi connectivity index (χ4v) is 3.91. The lowest BCUT2D eigenvalue weighted by Gasteiger charge is -2.41. The van der Waals surface area contributed by atoms with Gasteiger partial charge in [-0.1, -0.05) is 44.6 Å². The van der Waals surface area contributed by atoms with E-state index >= 15 is 0 Å². The Balaban J connectivity index is 2.01. The van der Waals surface area contributed by atoms with Crippen molar-refractivity contribution in [3.8, 4) is 0 Å². The van der Waals surface area contributed by atoms with Gasteiger partial charge in [0.15, 0.2) is 0 Å². The molecule has 0 saturated heterocycles. The maximum atomic E-state index is 11.6. The molecule has 21 heavy (non-hydrogen) atoms. The molecule has 3 heteroatoms. The molecular weight excluding hydrogens is 262 g/mol. The third-order valence-corrected chi connectivity index (χ3v) is 5.20. The van der Waals surface area contributed by atoms with Crippen LogP contribution in [0, 0.1) is 0 Å². The van der Waals surface area contributed by atoms with Crippen molar-refractivity contribution in [1.82, 2.24) is 4.90 Å². The minimum absolute atomic E-state index is 0.192. The number of esters is 1. The van der Waals surface area contributed by atoms with Crippen molar-refractivity contribution in [2.75, 3.05) is 13.7 Å². The number of methoxy groups -OCH3 is 1. The molecule has 2 aliphatic carbocycles. The summed E-state index contributed by atoms with van der Waals surface area (Å²) in [5.74, 6) is -0.192. The lowest BCUT2D eigenvalue weighted by Crippen LogP contribution is -2.45. The first-order valence-electron chi connectivity index (χ1n) is 8.73. The summed E-state index contributed by atoms with van der Waals surface area (Å²) in [6.07, 6.45) is 15.7. The molecule has 0 unspecified atom stereocenters. The van der Waals surface area contributed by atoms with Crippen LogP contribution in [0.5, 0.6) is 0 Å². The first-order valence-corrected chi connectivity index (χ1v) is 8.73. The Hall–Kier alpha value is -0.830. The molecule has 0 atom stereocenters. The lowest BCUT2D eigenvalue weighted by molar-refractivity contribution is -0.136. The van der Waals surface area contributed by atoms with E-state index < -0.39 is 0 Å². The third kappa shape index (κ3) is 4.84. The largest absolute Gasteiger partial charge is 0.466 e. The van der Waals surface area contributed by atoms with Gasteiger partial charge in [0.25, 0.3) is 0 Å². The molecule has 2 aliphatic rings. The predicted molar refractivity (Wildman–Crippen MR) is 86.2 cm³/mol. The van der Waals surface area contributed by atoms with E-state index in [0.717, 1.165) is 24.2 Å². The minimum Gasteiger partial charge on any atom is -0.466 e. The quantitative estimate of drug-likeness (QED) is 0.565. The molecular formula is C18H31NO2. The summed E-state index contributed by atoms with van der Waals surface area (Å²) in [6.45, 7) is 2.78. The van der Waals surface area contributed by atoms with Gasteiger partial charge in [-0.25, -0.2) is 4.79 Å². The molecule has 0 N–H and O–H groups in total. The van der Waals surface area contributed by atoms with E-state index in [1.165, 1.54) is 71.3 Å². The molecule has 0 aromatic heterocycles. The topological polar surface area (TPSA) is 29.5 Å². The van der Waals surface area contributed by atoms with Crippen molar-refractivity contribution in [3.63, 3.8) is 0 Å². The van der Waals surface area contributed by atoms with E-state index in [2.05, 4.69) is 11.0 Å². The van der Waals surface area contributed by atoms with Gasteiger partial charge in [-0.3, -0.25) is 4.90 Å². The van der Waals surface area contributed by atoms with Crippen molar-refractivity contribution >= 4 is 5.97 Å². The number of carbonyl (C=O) groups is 1. The Morgan fingerprint density at radius 2 is 1.48 bits per heavy atom. The summed E-state index contributed by atoms with van der Waals surface area (Å²) >= 11 is 0. The monoisotopic (exact) mass is 293 g/mol. The second-order valence-electron chi connectivity index (χ2n) is 6.66. The predicted octanol–water partition coefficient (Wildman–Crippen LogP) is 4.07. The van der Waals surface area contributed by atoms with Crippen LogP contribution >= 0.6 is 0 Å². The molecule has 0 aromatic carbocycles. The Labute approximate surface area is 129 Å². The van der Waals surface area contributed by atoms with Crippen LogP contribution in [-0.2, 0) is 9.53 Å². The van der Waals surface area contributed by atoms with Crippen molar-refractivity contribution in [3.05, 3.63) is 11.6 Å². The maximum absolute atomic E-state index is 11.6. The summed E-state index contributed by atoms with van der Waals surface area (Å²) in [6, 6.07) is 1.45. The Kier molecular flexibility index (Phi) is 6.75. The van der Waals surface area contributed by atoms with Crippen LogP contribution in [0.15, 0.2) is 11.6 Å². The highest BCUT2D eigenvalue weighted by molar-refractivity contribution is 5.87. The maximum Gasteiger partial charge on any atom is 0.333 e.